The van der Waals surface area contributed by atoms with Crippen LogP contribution in [0.1, 0.15) is 15.6 Å². The third kappa shape index (κ3) is 1.04. The van der Waals surface area contributed by atoms with Crippen molar-refractivity contribution in [2.24, 2.45) is 0 Å². The lowest BCUT2D eigenvalue weighted by Gasteiger charge is -2.07. The molecule has 72 valence electrons. The molecule has 14 heavy (non-hydrogen) atoms. The van der Waals surface area contributed by atoms with Gasteiger partial charge in [0, 0.05) is 16.9 Å². The second-order valence-corrected chi connectivity index (χ2v) is 4.46. The summed E-state index contributed by atoms with van der Waals surface area (Å²) in [6, 6.07) is 1.95. The lowest BCUT2D eigenvalue weighted by atomic mass is 10.0. The summed E-state index contributed by atoms with van der Waals surface area (Å²) >= 11 is 1.60. The van der Waals surface area contributed by atoms with E-state index in [0.717, 1.165) is 34.9 Å². The Morgan fingerprint density at radius 1 is 1.50 bits per heavy atom. The van der Waals surface area contributed by atoms with Crippen molar-refractivity contribution in [3.63, 3.8) is 0 Å². The van der Waals surface area contributed by atoms with Crippen molar-refractivity contribution >= 4 is 11.3 Å². The Labute approximate surface area is 85.0 Å². The largest absolute Gasteiger partial charge is 0.469 e. The molecule has 0 radical (unpaired) electrons. The zero-order valence-electron chi connectivity index (χ0n) is 7.49. The van der Waals surface area contributed by atoms with Gasteiger partial charge in [0.1, 0.15) is 10.8 Å². The summed E-state index contributed by atoms with van der Waals surface area (Å²) in [6.45, 7) is 0.0326. The third-order valence-electron chi connectivity index (χ3n) is 2.46. The molecule has 1 aliphatic carbocycles. The van der Waals surface area contributed by atoms with E-state index in [2.05, 4.69) is 4.98 Å². The Morgan fingerprint density at radius 3 is 3.29 bits per heavy atom. The monoisotopic (exact) mass is 207 g/mol. The predicted molar refractivity (Wildman–Crippen MR) is 53.1 cm³/mol. The van der Waals surface area contributed by atoms with Crippen LogP contribution in [0.4, 0.5) is 0 Å². The summed E-state index contributed by atoms with van der Waals surface area (Å²) in [4.78, 5) is 5.66. The molecule has 0 amide bonds. The molecule has 1 aliphatic rings. The van der Waals surface area contributed by atoms with E-state index < -0.39 is 0 Å². The molecule has 0 spiro atoms. The molecular formula is C10H9NO2S. The maximum absolute atomic E-state index is 9.01. The number of aryl methyl sites for hydroxylation is 2. The molecule has 0 unspecified atom stereocenters. The molecular weight excluding hydrogens is 198 g/mol. The lowest BCUT2D eigenvalue weighted by molar-refractivity contribution is 0.281. The van der Waals surface area contributed by atoms with Crippen LogP contribution in [0.3, 0.4) is 0 Å². The molecule has 2 aromatic heterocycles. The molecule has 0 aromatic carbocycles. The predicted octanol–water partition coefficient (Wildman–Crippen LogP) is 1.99. The Kier molecular flexibility index (Phi) is 1.72. The first-order valence-corrected chi connectivity index (χ1v) is 5.36. The third-order valence-corrected chi connectivity index (χ3v) is 3.56. The van der Waals surface area contributed by atoms with Crippen molar-refractivity contribution in [1.82, 2.24) is 4.98 Å². The fraction of sp³-hybridized carbons (Fsp3) is 0.300. The van der Waals surface area contributed by atoms with E-state index >= 15 is 0 Å². The van der Waals surface area contributed by atoms with Gasteiger partial charge < -0.3 is 9.52 Å². The number of hydrogen-bond acceptors (Lipinski definition) is 4. The number of aromatic nitrogens is 1. The maximum atomic E-state index is 9.01. The van der Waals surface area contributed by atoms with Gasteiger partial charge in [-0.25, -0.2) is 4.98 Å². The second kappa shape index (κ2) is 2.93. The van der Waals surface area contributed by atoms with Crippen molar-refractivity contribution in [2.45, 2.75) is 19.4 Å². The maximum Gasteiger partial charge on any atom is 0.119 e. The minimum absolute atomic E-state index is 0.0326. The van der Waals surface area contributed by atoms with E-state index in [4.69, 9.17) is 9.52 Å². The molecule has 4 heteroatoms. The molecule has 0 bridgehead atoms. The van der Waals surface area contributed by atoms with E-state index in [1.54, 1.807) is 17.6 Å². The minimum Gasteiger partial charge on any atom is -0.469 e. The summed E-state index contributed by atoms with van der Waals surface area (Å²) in [5.74, 6) is 1.02. The Hall–Kier alpha value is -1.13. The Morgan fingerprint density at radius 2 is 2.43 bits per heavy atom. The normalized spacial score (nSPS) is 13.8. The molecule has 0 saturated heterocycles. The van der Waals surface area contributed by atoms with Crippen molar-refractivity contribution in [3.8, 4) is 11.3 Å². The van der Waals surface area contributed by atoms with Gasteiger partial charge >= 0.3 is 0 Å². The average molecular weight is 207 g/mol. The molecule has 0 saturated carbocycles. The van der Waals surface area contributed by atoms with Gasteiger partial charge in [-0.3, -0.25) is 0 Å². The topological polar surface area (TPSA) is 46.3 Å². The fourth-order valence-corrected chi connectivity index (χ4v) is 2.76. The van der Waals surface area contributed by atoms with Crippen molar-refractivity contribution in [2.75, 3.05) is 0 Å². The summed E-state index contributed by atoms with van der Waals surface area (Å²) in [5.41, 5.74) is 2.11. The molecule has 0 fully saturated rings. The molecule has 2 heterocycles. The summed E-state index contributed by atoms with van der Waals surface area (Å²) in [6.07, 6.45) is 3.63. The quantitative estimate of drug-likeness (QED) is 0.777. The highest BCUT2D eigenvalue weighted by molar-refractivity contribution is 7.12. The van der Waals surface area contributed by atoms with Crippen LogP contribution in [0.25, 0.3) is 11.3 Å². The van der Waals surface area contributed by atoms with Gasteiger partial charge in [-0.1, -0.05) is 0 Å². The number of nitrogens with zero attached hydrogens (tertiary/aromatic N) is 1. The number of rotatable bonds is 1. The first-order chi connectivity index (χ1) is 6.88. The van der Waals surface area contributed by atoms with Crippen LogP contribution in [-0.4, -0.2) is 10.1 Å². The molecule has 2 aromatic rings. The number of furan rings is 1. The highest BCUT2D eigenvalue weighted by atomic mass is 32.1. The number of hydrogen-bond donors (Lipinski definition) is 1. The van der Waals surface area contributed by atoms with E-state index in [9.17, 15) is 0 Å². The number of aliphatic hydroxyl groups is 1. The van der Waals surface area contributed by atoms with Crippen LogP contribution in [-0.2, 0) is 19.4 Å². The van der Waals surface area contributed by atoms with Crippen LogP contribution in [0.5, 0.6) is 0 Å². The van der Waals surface area contributed by atoms with Gasteiger partial charge in [0.2, 0.25) is 0 Å². The zero-order valence-corrected chi connectivity index (χ0v) is 8.30. The lowest BCUT2D eigenvalue weighted by Crippen LogP contribution is -1.98. The van der Waals surface area contributed by atoms with Gasteiger partial charge in [0.05, 0.1) is 18.6 Å². The van der Waals surface area contributed by atoms with E-state index in [1.807, 2.05) is 6.07 Å². The molecule has 3 nitrogen and oxygen atoms in total. The summed E-state index contributed by atoms with van der Waals surface area (Å²) in [7, 11) is 0. The van der Waals surface area contributed by atoms with Crippen molar-refractivity contribution in [1.29, 1.82) is 0 Å². The van der Waals surface area contributed by atoms with Gasteiger partial charge in [-0.05, 0) is 12.5 Å². The van der Waals surface area contributed by atoms with Crippen LogP contribution in [0, 0.1) is 0 Å². The zero-order chi connectivity index (χ0) is 9.54. The number of aliphatic hydroxyl groups excluding tert-OH is 1. The van der Waals surface area contributed by atoms with E-state index in [0.29, 0.717) is 0 Å². The van der Waals surface area contributed by atoms with E-state index in [-0.39, 0.29) is 6.61 Å². The van der Waals surface area contributed by atoms with Gasteiger partial charge in [-0.15, -0.1) is 11.3 Å². The smallest absolute Gasteiger partial charge is 0.119 e. The molecule has 1 N–H and O–H groups in total. The highest BCUT2D eigenvalue weighted by Gasteiger charge is 2.22. The standard InChI is InChI=1S/C10H9NO2S/c12-5-9-11-10-6-3-4-13-7(6)1-2-8(10)14-9/h3-4,12H,1-2,5H2. The van der Waals surface area contributed by atoms with Gasteiger partial charge in [0.25, 0.3) is 0 Å². The van der Waals surface area contributed by atoms with Crippen LogP contribution in [0.2, 0.25) is 0 Å². The summed E-state index contributed by atoms with van der Waals surface area (Å²) < 4.78 is 5.36. The SMILES string of the molecule is OCc1nc2c(s1)CCc1occc1-2. The van der Waals surface area contributed by atoms with Crippen molar-refractivity contribution < 1.29 is 9.52 Å². The number of thiazole rings is 1. The highest BCUT2D eigenvalue weighted by Crippen LogP contribution is 2.36. The van der Waals surface area contributed by atoms with Crippen LogP contribution < -0.4 is 0 Å². The fourth-order valence-electron chi connectivity index (χ4n) is 1.82. The van der Waals surface area contributed by atoms with Gasteiger partial charge in [0.15, 0.2) is 0 Å². The Balaban J connectivity index is 2.20. The average Bonchev–Trinajstić information content (AvgIpc) is 2.82. The van der Waals surface area contributed by atoms with Crippen LogP contribution >= 0.6 is 11.3 Å². The van der Waals surface area contributed by atoms with Gasteiger partial charge in [-0.2, -0.15) is 0 Å². The van der Waals surface area contributed by atoms with E-state index in [1.165, 1.54) is 4.88 Å². The molecule has 3 rings (SSSR count). The first-order valence-electron chi connectivity index (χ1n) is 4.54. The number of fused-ring (bicyclic) bond motifs is 3. The molecule has 0 aliphatic heterocycles. The molecule has 0 atom stereocenters. The minimum atomic E-state index is 0.0326. The first kappa shape index (κ1) is 8.20. The van der Waals surface area contributed by atoms with Crippen molar-refractivity contribution in [3.05, 3.63) is 28.0 Å². The second-order valence-electron chi connectivity index (χ2n) is 3.29. The van der Waals surface area contributed by atoms with Crippen LogP contribution in [0.15, 0.2) is 16.7 Å². The Bertz CT molecular complexity index is 472. The summed E-state index contributed by atoms with van der Waals surface area (Å²) in [5, 5.41) is 9.81.